The first-order valence-corrected chi connectivity index (χ1v) is 7.00. The van der Waals surface area contributed by atoms with Crippen molar-refractivity contribution in [3.8, 4) is 0 Å². The summed E-state index contributed by atoms with van der Waals surface area (Å²) in [6.07, 6.45) is 0.0932. The first kappa shape index (κ1) is 15.5. The quantitative estimate of drug-likeness (QED) is 0.775. The number of amides is 2. The number of rotatable bonds is 6. The lowest BCUT2D eigenvalue weighted by Gasteiger charge is -2.30. The molecule has 2 amide bonds. The molecule has 1 aliphatic heterocycles. The fourth-order valence-corrected chi connectivity index (χ4v) is 2.62. The summed E-state index contributed by atoms with van der Waals surface area (Å²) in [7, 11) is 1.49. The maximum Gasteiger partial charge on any atom is 0.257 e. The van der Waals surface area contributed by atoms with Crippen LogP contribution in [0.15, 0.2) is 30.3 Å². The Morgan fingerprint density at radius 3 is 2.67 bits per heavy atom. The van der Waals surface area contributed by atoms with E-state index in [1.54, 1.807) is 0 Å². The molecule has 0 aliphatic carbocycles. The van der Waals surface area contributed by atoms with Crippen molar-refractivity contribution in [2.45, 2.75) is 18.6 Å². The first-order chi connectivity index (χ1) is 10.1. The molecule has 3 N–H and O–H groups in total. The van der Waals surface area contributed by atoms with E-state index in [4.69, 9.17) is 10.5 Å². The van der Waals surface area contributed by atoms with Crippen molar-refractivity contribution in [1.29, 1.82) is 0 Å². The summed E-state index contributed by atoms with van der Waals surface area (Å²) in [5.74, 6) is -0.741. The van der Waals surface area contributed by atoms with Gasteiger partial charge in [-0.2, -0.15) is 0 Å². The van der Waals surface area contributed by atoms with Crippen molar-refractivity contribution in [2.75, 3.05) is 26.7 Å². The van der Waals surface area contributed by atoms with Crippen LogP contribution in [0.4, 0.5) is 0 Å². The normalized spacial score (nSPS) is 19.2. The molecule has 1 aliphatic rings. The number of primary amides is 1. The smallest absolute Gasteiger partial charge is 0.257 e. The number of nitrogens with one attached hydrogen (secondary N) is 1. The van der Waals surface area contributed by atoms with Crippen molar-refractivity contribution in [1.82, 2.24) is 10.2 Å². The maximum absolute atomic E-state index is 12.8. The van der Waals surface area contributed by atoms with Crippen LogP contribution in [0.2, 0.25) is 0 Å². The zero-order valence-corrected chi connectivity index (χ0v) is 12.1. The number of benzene rings is 1. The summed E-state index contributed by atoms with van der Waals surface area (Å²) >= 11 is 0. The van der Waals surface area contributed by atoms with Gasteiger partial charge in [-0.25, -0.2) is 0 Å². The summed E-state index contributed by atoms with van der Waals surface area (Å²) in [6.45, 7) is 1.41. The van der Waals surface area contributed by atoms with Crippen molar-refractivity contribution >= 4 is 11.8 Å². The average molecular weight is 291 g/mol. The van der Waals surface area contributed by atoms with Gasteiger partial charge in [0.15, 0.2) is 6.10 Å². The van der Waals surface area contributed by atoms with Gasteiger partial charge in [0.1, 0.15) is 0 Å². The van der Waals surface area contributed by atoms with E-state index in [2.05, 4.69) is 5.32 Å². The predicted octanol–water partition coefficient (Wildman–Crippen LogP) is 0.0499. The van der Waals surface area contributed by atoms with Crippen LogP contribution < -0.4 is 11.1 Å². The summed E-state index contributed by atoms with van der Waals surface area (Å²) in [5, 5.41) is 3.19. The van der Waals surface area contributed by atoms with E-state index in [0.29, 0.717) is 6.54 Å². The zero-order chi connectivity index (χ0) is 15.2. The second-order valence-electron chi connectivity index (χ2n) is 5.11. The van der Waals surface area contributed by atoms with Crippen LogP contribution in [0.25, 0.3) is 0 Å². The monoisotopic (exact) mass is 291 g/mol. The van der Waals surface area contributed by atoms with Crippen molar-refractivity contribution in [3.63, 3.8) is 0 Å². The van der Waals surface area contributed by atoms with E-state index in [0.717, 1.165) is 18.5 Å². The Morgan fingerprint density at radius 1 is 1.43 bits per heavy atom. The molecule has 2 atom stereocenters. The topological polar surface area (TPSA) is 84.7 Å². The van der Waals surface area contributed by atoms with E-state index in [9.17, 15) is 9.59 Å². The molecule has 0 aromatic heterocycles. The summed E-state index contributed by atoms with van der Waals surface area (Å²) < 4.78 is 5.36. The molecule has 6 heteroatoms. The molecule has 1 saturated heterocycles. The molecule has 6 nitrogen and oxygen atoms in total. The van der Waals surface area contributed by atoms with Gasteiger partial charge in [-0.1, -0.05) is 30.3 Å². The first-order valence-electron chi connectivity index (χ1n) is 7.00. The van der Waals surface area contributed by atoms with Crippen LogP contribution in [-0.4, -0.2) is 49.5 Å². The van der Waals surface area contributed by atoms with Crippen molar-refractivity contribution < 1.29 is 14.3 Å². The molecule has 1 heterocycles. The lowest BCUT2D eigenvalue weighted by Crippen LogP contribution is -2.48. The predicted molar refractivity (Wildman–Crippen MR) is 78.4 cm³/mol. The largest absolute Gasteiger partial charge is 0.368 e. The summed E-state index contributed by atoms with van der Waals surface area (Å²) in [5.41, 5.74) is 6.05. The number of methoxy groups -OCH3 is 1. The Morgan fingerprint density at radius 2 is 2.14 bits per heavy atom. The molecule has 1 fully saturated rings. The van der Waals surface area contributed by atoms with Gasteiger partial charge in [0, 0.05) is 19.7 Å². The van der Waals surface area contributed by atoms with Crippen LogP contribution in [0.5, 0.6) is 0 Å². The van der Waals surface area contributed by atoms with Gasteiger partial charge in [-0.05, 0) is 18.5 Å². The minimum absolute atomic E-state index is 0.0219. The summed E-state index contributed by atoms with van der Waals surface area (Å²) in [4.78, 5) is 25.6. The fraction of sp³-hybridized carbons (Fsp3) is 0.467. The number of hydrogen-bond acceptors (Lipinski definition) is 4. The van der Waals surface area contributed by atoms with Gasteiger partial charge in [-0.15, -0.1) is 0 Å². The third kappa shape index (κ3) is 3.80. The molecule has 2 unspecified atom stereocenters. The van der Waals surface area contributed by atoms with E-state index in [1.165, 1.54) is 12.0 Å². The van der Waals surface area contributed by atoms with E-state index < -0.39 is 12.0 Å². The number of carbonyl (C=O) groups is 2. The Balaban J connectivity index is 2.20. The van der Waals surface area contributed by atoms with Crippen LogP contribution in [0.1, 0.15) is 18.1 Å². The molecular formula is C15H21N3O3. The highest BCUT2D eigenvalue weighted by molar-refractivity contribution is 5.87. The average Bonchev–Trinajstić information content (AvgIpc) is 3.00. The van der Waals surface area contributed by atoms with Crippen molar-refractivity contribution in [2.24, 2.45) is 5.73 Å². The minimum atomic E-state index is -0.717. The molecule has 114 valence electrons. The highest BCUT2D eigenvalue weighted by Gasteiger charge is 2.33. The van der Waals surface area contributed by atoms with Gasteiger partial charge in [-0.3, -0.25) is 9.59 Å². The van der Waals surface area contributed by atoms with Crippen LogP contribution in [0.3, 0.4) is 0 Å². The Kier molecular flexibility index (Phi) is 5.30. The van der Waals surface area contributed by atoms with Gasteiger partial charge < -0.3 is 20.7 Å². The zero-order valence-electron chi connectivity index (χ0n) is 12.1. The third-order valence-corrected chi connectivity index (χ3v) is 3.65. The van der Waals surface area contributed by atoms with Gasteiger partial charge >= 0.3 is 0 Å². The molecule has 0 saturated carbocycles. The van der Waals surface area contributed by atoms with Crippen LogP contribution in [0, 0.1) is 0 Å². The summed E-state index contributed by atoms with van der Waals surface area (Å²) in [6, 6.07) is 9.23. The van der Waals surface area contributed by atoms with Crippen LogP contribution >= 0.6 is 0 Å². The molecule has 0 bridgehead atoms. The minimum Gasteiger partial charge on any atom is -0.368 e. The van der Waals surface area contributed by atoms with E-state index in [-0.39, 0.29) is 18.5 Å². The van der Waals surface area contributed by atoms with E-state index >= 15 is 0 Å². The standard InChI is InChI=1S/C15H21N3O3/c1-21-14(11-5-3-2-4-6-11)15(20)18(10-13(16)19)12-7-8-17-9-12/h2-6,12,14,17H,7-10H2,1H3,(H2,16,19). The molecule has 0 radical (unpaired) electrons. The second kappa shape index (κ2) is 7.19. The van der Waals surface area contributed by atoms with Gasteiger partial charge in [0.05, 0.1) is 6.54 Å². The second-order valence-corrected chi connectivity index (χ2v) is 5.11. The van der Waals surface area contributed by atoms with Crippen LogP contribution in [-0.2, 0) is 14.3 Å². The number of nitrogens with two attached hydrogens (primary N) is 1. The fourth-order valence-electron chi connectivity index (χ4n) is 2.62. The van der Waals surface area contributed by atoms with E-state index in [1.807, 2.05) is 30.3 Å². The number of nitrogens with zero attached hydrogens (tertiary/aromatic N) is 1. The molecule has 1 aromatic carbocycles. The SMILES string of the molecule is COC(C(=O)N(CC(N)=O)C1CCNC1)c1ccccc1. The lowest BCUT2D eigenvalue weighted by molar-refractivity contribution is -0.147. The molecule has 21 heavy (non-hydrogen) atoms. The molecule has 0 spiro atoms. The highest BCUT2D eigenvalue weighted by atomic mass is 16.5. The Labute approximate surface area is 124 Å². The Bertz CT molecular complexity index is 486. The Hall–Kier alpha value is -1.92. The highest BCUT2D eigenvalue weighted by Crippen LogP contribution is 2.21. The number of hydrogen-bond donors (Lipinski definition) is 2. The number of ether oxygens (including phenoxy) is 1. The molecular weight excluding hydrogens is 270 g/mol. The van der Waals surface area contributed by atoms with Gasteiger partial charge in [0.25, 0.3) is 5.91 Å². The van der Waals surface area contributed by atoms with Crippen molar-refractivity contribution in [3.05, 3.63) is 35.9 Å². The maximum atomic E-state index is 12.8. The molecule has 2 rings (SSSR count). The molecule has 1 aromatic rings. The van der Waals surface area contributed by atoms with Gasteiger partial charge in [0.2, 0.25) is 5.91 Å². The number of carbonyl (C=O) groups excluding carboxylic acids is 2. The third-order valence-electron chi connectivity index (χ3n) is 3.65. The lowest BCUT2D eigenvalue weighted by atomic mass is 10.1.